The summed E-state index contributed by atoms with van der Waals surface area (Å²) in [5.41, 5.74) is 17.2. The van der Waals surface area contributed by atoms with Crippen molar-refractivity contribution in [1.82, 2.24) is 0 Å². The van der Waals surface area contributed by atoms with Crippen molar-refractivity contribution in [2.75, 3.05) is 52.9 Å². The van der Waals surface area contributed by atoms with Crippen molar-refractivity contribution in [2.45, 2.75) is 214 Å². The maximum absolute atomic E-state index is 5.37. The van der Waals surface area contributed by atoms with E-state index in [2.05, 4.69) is 254 Å². The van der Waals surface area contributed by atoms with Crippen molar-refractivity contribution in [3.05, 3.63) is 200 Å². The minimum atomic E-state index is 0. The van der Waals surface area contributed by atoms with Gasteiger partial charge in [-0.05, 0) is 147 Å². The van der Waals surface area contributed by atoms with Gasteiger partial charge in [0, 0.05) is 75.4 Å². The second kappa shape index (κ2) is 49.1. The third-order valence-electron chi connectivity index (χ3n) is 14.1. The van der Waals surface area contributed by atoms with Gasteiger partial charge in [0.15, 0.2) is 0 Å². The van der Waals surface area contributed by atoms with Gasteiger partial charge in [0.1, 0.15) is 11.7 Å². The molecule has 0 unspecified atom stereocenters. The molecule has 6 rings (SSSR count). The minimum absolute atomic E-state index is 0. The van der Waals surface area contributed by atoms with Crippen LogP contribution < -0.4 is 47.7 Å². The SMILES string of the molecule is CC(C)c1cccc(C(C)C)c1[N-]C(=[NH+]c1c(C(C)C)cccc1C(C)C)c1ccccc1.CC(C)c1cccc(C(C)C)c1[N-]C(=[NH+]c1c(C(C)C)cccc1C(C)C)c1ccccc1.CCOCC.CCOCC.CCOCC.CCOCC.[Li+].[Li+]. The third-order valence-corrected chi connectivity index (χ3v) is 14.1. The molecule has 0 bridgehead atoms. The van der Waals surface area contributed by atoms with Gasteiger partial charge in [-0.3, -0.25) is 0 Å². The molecule has 0 radical (unpaired) electrons. The smallest absolute Gasteiger partial charge is 0.382 e. The van der Waals surface area contributed by atoms with E-state index in [4.69, 9.17) is 29.6 Å². The van der Waals surface area contributed by atoms with Gasteiger partial charge in [0.25, 0.3) is 0 Å². The largest absolute Gasteiger partial charge is 1.00 e. The Morgan fingerprint density at radius 3 is 0.614 bits per heavy atom. The summed E-state index contributed by atoms with van der Waals surface area (Å²) in [6.07, 6.45) is 0. The molecule has 2 N–H and O–H groups in total. The van der Waals surface area contributed by atoms with Gasteiger partial charge in [0.2, 0.25) is 0 Å². The number of para-hydroxylation sites is 4. The first kappa shape index (κ1) is 85.4. The summed E-state index contributed by atoms with van der Waals surface area (Å²) in [6.45, 7) is 58.7. The Morgan fingerprint density at radius 1 is 0.273 bits per heavy atom. The number of hydrogen-bond acceptors (Lipinski definition) is 4. The molecule has 8 nitrogen and oxygen atoms in total. The predicted octanol–water partition coefficient (Wildman–Crippen LogP) is 14.3. The average Bonchev–Trinajstić information content (AvgIpc) is 3.65. The summed E-state index contributed by atoms with van der Waals surface area (Å²) in [7, 11) is 0. The fourth-order valence-corrected chi connectivity index (χ4v) is 9.47. The Labute approximate surface area is 563 Å². The van der Waals surface area contributed by atoms with E-state index in [-0.39, 0.29) is 37.7 Å². The summed E-state index contributed by atoms with van der Waals surface area (Å²) < 4.78 is 19.3. The maximum Gasteiger partial charge on any atom is 1.00 e. The van der Waals surface area contributed by atoms with Crippen LogP contribution in [0.3, 0.4) is 0 Å². The van der Waals surface area contributed by atoms with E-state index in [1.807, 2.05) is 55.4 Å². The molecule has 0 heterocycles. The first-order chi connectivity index (χ1) is 41.1. The van der Waals surface area contributed by atoms with Gasteiger partial charge in [-0.25, -0.2) is 10.6 Å². The molecule has 6 aromatic carbocycles. The van der Waals surface area contributed by atoms with Crippen molar-refractivity contribution in [2.24, 2.45) is 0 Å². The van der Waals surface area contributed by atoms with Crippen LogP contribution in [-0.4, -0.2) is 64.5 Å². The molecule has 10 heteroatoms. The Kier molecular flexibility index (Phi) is 47.6. The van der Waals surface area contributed by atoms with E-state index in [0.717, 1.165) is 87.0 Å². The molecule has 0 saturated carbocycles. The quantitative estimate of drug-likeness (QED) is 0.0402. The Morgan fingerprint density at radius 2 is 0.455 bits per heavy atom. The normalized spacial score (nSPS) is 11.1. The van der Waals surface area contributed by atoms with Gasteiger partial charge < -0.3 is 28.9 Å². The van der Waals surface area contributed by atoms with E-state index >= 15 is 0 Å². The van der Waals surface area contributed by atoms with Crippen LogP contribution in [0.1, 0.15) is 269 Å². The molecular formula is C78H120Li2N4O4+2. The number of nitrogens with one attached hydrogen (secondary N) is 2. The molecule has 476 valence electrons. The van der Waals surface area contributed by atoms with Crippen LogP contribution in [-0.2, 0) is 18.9 Å². The molecule has 6 aromatic rings. The first-order valence-corrected chi connectivity index (χ1v) is 32.7. The van der Waals surface area contributed by atoms with Crippen LogP contribution >= 0.6 is 0 Å². The molecular weight excluding hydrogens is 1070 g/mol. The van der Waals surface area contributed by atoms with Crippen LogP contribution in [0.25, 0.3) is 10.6 Å². The Balaban J connectivity index is 0. The zero-order chi connectivity index (χ0) is 64.7. The second-order valence-corrected chi connectivity index (χ2v) is 23.5. The van der Waals surface area contributed by atoms with Crippen LogP contribution in [0, 0.1) is 0 Å². The summed E-state index contributed by atoms with van der Waals surface area (Å²) in [4.78, 5) is 7.65. The summed E-state index contributed by atoms with van der Waals surface area (Å²) in [6, 6.07) is 47.6. The summed E-state index contributed by atoms with van der Waals surface area (Å²) in [5.74, 6) is 5.05. The maximum atomic E-state index is 5.37. The fraction of sp³-hybridized carbons (Fsp3) is 0.513. The number of nitrogens with zero attached hydrogens (tertiary/aromatic N) is 2. The molecule has 0 saturated heterocycles. The first-order valence-electron chi connectivity index (χ1n) is 32.7. The van der Waals surface area contributed by atoms with E-state index in [1.165, 1.54) is 55.9 Å². The van der Waals surface area contributed by atoms with Crippen LogP contribution in [0.2, 0.25) is 0 Å². The molecule has 0 atom stereocenters. The molecule has 0 spiro atoms. The van der Waals surface area contributed by atoms with Crippen molar-refractivity contribution < 1.29 is 66.7 Å². The average molecular weight is 1190 g/mol. The number of benzene rings is 6. The third kappa shape index (κ3) is 30.4. The monoisotopic (exact) mass is 1190 g/mol. The second-order valence-electron chi connectivity index (χ2n) is 23.5. The molecule has 0 aliphatic heterocycles. The van der Waals surface area contributed by atoms with E-state index in [0.29, 0.717) is 47.3 Å². The summed E-state index contributed by atoms with van der Waals surface area (Å²) in [5, 5.41) is 10.7. The molecule has 0 amide bonds. The Bertz CT molecular complexity index is 2470. The number of amidine groups is 2. The van der Waals surface area contributed by atoms with E-state index in [9.17, 15) is 0 Å². The fourth-order valence-electron chi connectivity index (χ4n) is 9.47. The number of ether oxygens (including phenoxy) is 4. The van der Waals surface area contributed by atoms with Crippen LogP contribution in [0.4, 0.5) is 22.7 Å². The van der Waals surface area contributed by atoms with Crippen molar-refractivity contribution in [1.29, 1.82) is 0 Å². The van der Waals surface area contributed by atoms with Gasteiger partial charge in [-0.2, -0.15) is 0 Å². The molecule has 88 heavy (non-hydrogen) atoms. The molecule has 0 aliphatic rings. The van der Waals surface area contributed by atoms with Crippen LogP contribution in [0.5, 0.6) is 0 Å². The zero-order valence-corrected chi connectivity index (χ0v) is 60.5. The molecule has 0 aromatic heterocycles. The van der Waals surface area contributed by atoms with Gasteiger partial charge in [0.05, 0.1) is 11.4 Å². The van der Waals surface area contributed by atoms with Crippen LogP contribution in [0.15, 0.2) is 133 Å². The molecule has 0 fully saturated rings. The minimum Gasteiger partial charge on any atom is -0.382 e. The number of rotatable bonds is 22. The topological polar surface area (TPSA) is 93.1 Å². The standard InChI is InChI=1S/2C31H39N2.4C4H10O.2Li/c2*1-20(2)25-16-12-17-26(21(3)4)29(25)32-31(24-14-10-9-11-15-24)33-30-27(22(5)6)18-13-19-28(30)23(7)8;4*1-3-5-4-2;;/h2*9-23H,1-8H3;4*3-4H2,1-2H3;;/q2*-1;;;;;2*+1/p+2. The van der Waals surface area contributed by atoms with E-state index in [1.54, 1.807) is 0 Å². The van der Waals surface area contributed by atoms with Gasteiger partial charge in [-0.1, -0.05) is 244 Å². The van der Waals surface area contributed by atoms with Crippen molar-refractivity contribution in [3.8, 4) is 0 Å². The zero-order valence-electron chi connectivity index (χ0n) is 60.5. The number of hydrogen-bond donors (Lipinski definition) is 2. The summed E-state index contributed by atoms with van der Waals surface area (Å²) >= 11 is 0. The van der Waals surface area contributed by atoms with Crippen molar-refractivity contribution in [3.63, 3.8) is 0 Å². The van der Waals surface area contributed by atoms with Gasteiger partial charge in [-0.15, -0.1) is 0 Å². The molecule has 0 aliphatic carbocycles. The van der Waals surface area contributed by atoms with Gasteiger partial charge >= 0.3 is 37.7 Å². The Hall–Kier alpha value is -4.71. The predicted molar refractivity (Wildman–Crippen MR) is 376 cm³/mol. The van der Waals surface area contributed by atoms with Crippen molar-refractivity contribution >= 4 is 34.4 Å². The van der Waals surface area contributed by atoms with E-state index < -0.39 is 0 Å².